The predicted molar refractivity (Wildman–Crippen MR) is 103 cm³/mol. The highest BCUT2D eigenvalue weighted by atomic mass is 16.5. The fourth-order valence-electron chi connectivity index (χ4n) is 2.85. The summed E-state index contributed by atoms with van der Waals surface area (Å²) in [6.45, 7) is 10.5. The molecule has 0 aliphatic heterocycles. The van der Waals surface area contributed by atoms with Gasteiger partial charge in [-0.15, -0.1) is 0 Å². The summed E-state index contributed by atoms with van der Waals surface area (Å²) in [5, 5.41) is 7.15. The molecule has 1 aromatic heterocycles. The largest absolute Gasteiger partial charge is 0.493 e. The summed E-state index contributed by atoms with van der Waals surface area (Å²) in [7, 11) is 1.59. The number of nitrogens with one attached hydrogen (secondary N) is 1. The van der Waals surface area contributed by atoms with Gasteiger partial charge in [-0.1, -0.05) is 32.0 Å². The summed E-state index contributed by atoms with van der Waals surface area (Å²) in [6, 6.07) is 5.23. The van der Waals surface area contributed by atoms with Crippen molar-refractivity contribution in [1.82, 2.24) is 10.5 Å². The SMILES string of the molecule is COc1cc(CN[C@@H](C(N)=O)C(C)(C)C)ccc1OCc1c(C)noc1C. The van der Waals surface area contributed by atoms with Crippen molar-refractivity contribution in [3.8, 4) is 11.5 Å². The molecule has 0 fully saturated rings. The van der Waals surface area contributed by atoms with Crippen LogP contribution in [0.3, 0.4) is 0 Å². The van der Waals surface area contributed by atoms with E-state index in [1.54, 1.807) is 7.11 Å². The van der Waals surface area contributed by atoms with Crippen molar-refractivity contribution in [2.45, 2.75) is 53.8 Å². The third-order valence-electron chi connectivity index (χ3n) is 4.44. The minimum absolute atomic E-state index is 0.271. The fraction of sp³-hybridized carbons (Fsp3) is 0.500. The molecule has 27 heavy (non-hydrogen) atoms. The molecule has 0 radical (unpaired) electrons. The first-order valence-electron chi connectivity index (χ1n) is 8.87. The van der Waals surface area contributed by atoms with E-state index in [1.165, 1.54) is 0 Å². The molecule has 148 valence electrons. The van der Waals surface area contributed by atoms with E-state index in [0.29, 0.717) is 24.7 Å². The summed E-state index contributed by atoms with van der Waals surface area (Å²) in [5.41, 5.74) is 7.95. The topological polar surface area (TPSA) is 99.6 Å². The number of rotatable bonds is 8. The van der Waals surface area contributed by atoms with Gasteiger partial charge in [-0.3, -0.25) is 4.79 Å². The number of nitrogens with two attached hydrogens (primary N) is 1. The molecule has 0 bridgehead atoms. The molecule has 0 aliphatic rings. The van der Waals surface area contributed by atoms with Crippen molar-refractivity contribution < 1.29 is 18.8 Å². The standard InChI is InChI=1S/C20H29N3O4/c1-12-15(13(2)27-23-12)11-26-16-8-7-14(9-17(16)25-6)10-22-18(19(21)24)20(3,4)5/h7-9,18,22H,10-11H2,1-6H3,(H2,21,24)/t18-/m0/s1. The van der Waals surface area contributed by atoms with Crippen molar-refractivity contribution in [3.63, 3.8) is 0 Å². The maximum Gasteiger partial charge on any atom is 0.235 e. The number of methoxy groups -OCH3 is 1. The molecule has 0 spiro atoms. The first-order valence-corrected chi connectivity index (χ1v) is 8.87. The molecule has 0 saturated carbocycles. The summed E-state index contributed by atoms with van der Waals surface area (Å²) in [4.78, 5) is 11.7. The average molecular weight is 375 g/mol. The van der Waals surface area contributed by atoms with Crippen LogP contribution in [0.25, 0.3) is 0 Å². The third-order valence-corrected chi connectivity index (χ3v) is 4.44. The molecule has 0 aliphatic carbocycles. The first kappa shape index (κ1) is 20.8. The Kier molecular flexibility index (Phi) is 6.49. The van der Waals surface area contributed by atoms with Crippen molar-refractivity contribution in [2.75, 3.05) is 7.11 Å². The Balaban J connectivity index is 2.08. The van der Waals surface area contributed by atoms with Crippen LogP contribution in [0, 0.1) is 19.3 Å². The number of carbonyl (C=O) groups excluding carboxylic acids is 1. The summed E-state index contributed by atoms with van der Waals surface area (Å²) in [5.74, 6) is 1.62. The van der Waals surface area contributed by atoms with Gasteiger partial charge in [0.15, 0.2) is 11.5 Å². The normalized spacial score (nSPS) is 12.7. The highest BCUT2D eigenvalue weighted by molar-refractivity contribution is 5.80. The smallest absolute Gasteiger partial charge is 0.235 e. The Morgan fingerprint density at radius 2 is 2.00 bits per heavy atom. The first-order chi connectivity index (χ1) is 12.6. The van der Waals surface area contributed by atoms with Crippen LogP contribution in [-0.2, 0) is 17.9 Å². The van der Waals surface area contributed by atoms with E-state index in [9.17, 15) is 4.79 Å². The number of primary amides is 1. The van der Waals surface area contributed by atoms with E-state index in [0.717, 1.165) is 22.6 Å². The van der Waals surface area contributed by atoms with Gasteiger partial charge in [0.2, 0.25) is 5.91 Å². The maximum atomic E-state index is 11.7. The van der Waals surface area contributed by atoms with Crippen molar-refractivity contribution in [2.24, 2.45) is 11.1 Å². The van der Waals surface area contributed by atoms with E-state index in [1.807, 2.05) is 52.8 Å². The van der Waals surface area contributed by atoms with E-state index < -0.39 is 6.04 Å². The molecular weight excluding hydrogens is 346 g/mol. The summed E-state index contributed by atoms with van der Waals surface area (Å²) in [6.07, 6.45) is 0. The molecule has 2 rings (SSSR count). The summed E-state index contributed by atoms with van der Waals surface area (Å²) < 4.78 is 16.5. The second kappa shape index (κ2) is 8.43. The number of hydrogen-bond acceptors (Lipinski definition) is 6. The number of amides is 1. The number of nitrogens with zero attached hydrogens (tertiary/aromatic N) is 1. The maximum absolute atomic E-state index is 11.7. The molecule has 7 heteroatoms. The molecular formula is C20H29N3O4. The lowest BCUT2D eigenvalue weighted by Gasteiger charge is -2.29. The van der Waals surface area contributed by atoms with Gasteiger partial charge in [0, 0.05) is 6.54 Å². The highest BCUT2D eigenvalue weighted by Crippen LogP contribution is 2.30. The van der Waals surface area contributed by atoms with Crippen LogP contribution in [0.5, 0.6) is 11.5 Å². The van der Waals surface area contributed by atoms with Crippen molar-refractivity contribution in [3.05, 3.63) is 40.8 Å². The lowest BCUT2D eigenvalue weighted by atomic mass is 9.86. The Bertz CT molecular complexity index is 774. The number of ether oxygens (including phenoxy) is 2. The predicted octanol–water partition coefficient (Wildman–Crippen LogP) is 2.87. The van der Waals surface area contributed by atoms with Crippen LogP contribution in [0.1, 0.15) is 43.4 Å². The van der Waals surface area contributed by atoms with Gasteiger partial charge >= 0.3 is 0 Å². The number of aryl methyl sites for hydroxylation is 2. The van der Waals surface area contributed by atoms with Gasteiger partial charge in [-0.2, -0.15) is 0 Å². The summed E-state index contributed by atoms with van der Waals surface area (Å²) >= 11 is 0. The zero-order valence-corrected chi connectivity index (χ0v) is 16.9. The van der Waals surface area contributed by atoms with Crippen molar-refractivity contribution >= 4 is 5.91 Å². The number of carbonyl (C=O) groups is 1. The fourth-order valence-corrected chi connectivity index (χ4v) is 2.85. The van der Waals surface area contributed by atoms with Gasteiger partial charge in [-0.25, -0.2) is 0 Å². The van der Waals surface area contributed by atoms with Crippen molar-refractivity contribution in [1.29, 1.82) is 0 Å². The zero-order valence-electron chi connectivity index (χ0n) is 16.9. The minimum atomic E-state index is -0.432. The third kappa shape index (κ3) is 5.23. The molecule has 0 unspecified atom stereocenters. The van der Waals surface area contributed by atoms with Crippen LogP contribution < -0.4 is 20.5 Å². The van der Waals surface area contributed by atoms with Gasteiger partial charge in [0.25, 0.3) is 0 Å². The van der Waals surface area contributed by atoms with Gasteiger partial charge < -0.3 is 25.0 Å². The van der Waals surface area contributed by atoms with Crippen LogP contribution >= 0.6 is 0 Å². The second-order valence-electron chi connectivity index (χ2n) is 7.66. The number of aromatic nitrogens is 1. The van der Waals surface area contributed by atoms with Gasteiger partial charge in [-0.05, 0) is 37.0 Å². The van der Waals surface area contributed by atoms with Gasteiger partial charge in [0.1, 0.15) is 12.4 Å². The van der Waals surface area contributed by atoms with Crippen LogP contribution in [-0.4, -0.2) is 24.2 Å². The molecule has 0 saturated heterocycles. The quantitative estimate of drug-likeness (QED) is 0.736. The highest BCUT2D eigenvalue weighted by Gasteiger charge is 2.29. The van der Waals surface area contributed by atoms with Crippen LogP contribution in [0.4, 0.5) is 0 Å². The molecule has 1 atom stereocenters. The number of hydrogen-bond donors (Lipinski definition) is 2. The molecule has 7 nitrogen and oxygen atoms in total. The monoisotopic (exact) mass is 375 g/mol. The lowest BCUT2D eigenvalue weighted by Crippen LogP contribution is -2.49. The Morgan fingerprint density at radius 1 is 1.30 bits per heavy atom. The Morgan fingerprint density at radius 3 is 2.52 bits per heavy atom. The Hall–Kier alpha value is -2.54. The molecule has 1 aromatic carbocycles. The number of benzene rings is 1. The van der Waals surface area contributed by atoms with E-state index in [-0.39, 0.29) is 11.3 Å². The average Bonchev–Trinajstić information content (AvgIpc) is 2.90. The Labute approximate surface area is 160 Å². The second-order valence-corrected chi connectivity index (χ2v) is 7.66. The van der Waals surface area contributed by atoms with E-state index >= 15 is 0 Å². The zero-order chi connectivity index (χ0) is 20.2. The molecule has 1 heterocycles. The lowest BCUT2D eigenvalue weighted by molar-refractivity contribution is -0.122. The minimum Gasteiger partial charge on any atom is -0.493 e. The van der Waals surface area contributed by atoms with E-state index in [2.05, 4.69) is 10.5 Å². The van der Waals surface area contributed by atoms with E-state index in [4.69, 9.17) is 19.7 Å². The molecule has 2 aromatic rings. The molecule has 1 amide bonds. The van der Waals surface area contributed by atoms with Gasteiger partial charge in [0.05, 0.1) is 24.4 Å². The van der Waals surface area contributed by atoms with Crippen LogP contribution in [0.2, 0.25) is 0 Å². The van der Waals surface area contributed by atoms with Crippen LogP contribution in [0.15, 0.2) is 22.7 Å². The molecule has 3 N–H and O–H groups in total.